The zero-order valence-electron chi connectivity index (χ0n) is 12.2. The Morgan fingerprint density at radius 1 is 1.16 bits per heavy atom. The molecule has 1 saturated carbocycles. The van der Waals surface area contributed by atoms with Crippen molar-refractivity contribution in [2.75, 3.05) is 5.32 Å². The van der Waals surface area contributed by atoms with Crippen molar-refractivity contribution in [1.29, 1.82) is 0 Å². The highest BCUT2D eigenvalue weighted by Crippen LogP contribution is 2.46. The third-order valence-corrected chi connectivity index (χ3v) is 4.50. The highest BCUT2D eigenvalue weighted by molar-refractivity contribution is 9.10. The summed E-state index contributed by atoms with van der Waals surface area (Å²) in [4.78, 5) is 0. The van der Waals surface area contributed by atoms with Crippen LogP contribution < -0.4 is 5.32 Å². The maximum Gasteiger partial charge on any atom is 0.124 e. The molecule has 1 fully saturated rings. The lowest BCUT2D eigenvalue weighted by Crippen LogP contribution is -2.40. The highest BCUT2D eigenvalue weighted by Gasteiger charge is 2.38. The summed E-state index contributed by atoms with van der Waals surface area (Å²) in [5.41, 5.74) is 1.69. The predicted octanol–water partition coefficient (Wildman–Crippen LogP) is 5.61. The number of rotatable bonds is 2. The van der Waals surface area contributed by atoms with E-state index in [1.165, 1.54) is 18.6 Å². The zero-order valence-corrected chi connectivity index (χ0v) is 13.8. The second kappa shape index (κ2) is 5.08. The van der Waals surface area contributed by atoms with Crippen LogP contribution in [0, 0.1) is 16.6 Å². The molecule has 0 unspecified atom stereocenters. The molecule has 0 radical (unpaired) electrons. The Bertz CT molecular complexity index is 452. The molecule has 0 amide bonds. The number of anilines is 1. The molecule has 0 spiro atoms. The van der Waals surface area contributed by atoms with Crippen LogP contribution in [0.4, 0.5) is 10.1 Å². The van der Waals surface area contributed by atoms with E-state index >= 15 is 0 Å². The first kappa shape index (κ1) is 14.8. The first-order chi connectivity index (χ1) is 8.67. The molecule has 1 N–H and O–H groups in total. The SMILES string of the molecule is CC1(C)CC(Nc2ccc(F)cc2Br)CC(C)(C)C1. The molecule has 106 valence electrons. The van der Waals surface area contributed by atoms with E-state index in [0.29, 0.717) is 16.9 Å². The molecule has 0 bridgehead atoms. The molecule has 1 aliphatic carbocycles. The molecule has 0 heterocycles. The van der Waals surface area contributed by atoms with Gasteiger partial charge in [-0.15, -0.1) is 0 Å². The molecule has 3 heteroatoms. The summed E-state index contributed by atoms with van der Waals surface area (Å²) >= 11 is 3.43. The van der Waals surface area contributed by atoms with Crippen LogP contribution in [-0.2, 0) is 0 Å². The topological polar surface area (TPSA) is 12.0 Å². The largest absolute Gasteiger partial charge is 0.381 e. The Labute approximate surface area is 124 Å². The van der Waals surface area contributed by atoms with Crippen molar-refractivity contribution < 1.29 is 4.39 Å². The van der Waals surface area contributed by atoms with Crippen LogP contribution in [-0.4, -0.2) is 6.04 Å². The van der Waals surface area contributed by atoms with Crippen LogP contribution in [0.5, 0.6) is 0 Å². The van der Waals surface area contributed by atoms with Gasteiger partial charge in [0.05, 0.1) is 0 Å². The Morgan fingerprint density at radius 3 is 2.26 bits per heavy atom. The van der Waals surface area contributed by atoms with Gasteiger partial charge in [0, 0.05) is 16.2 Å². The molecule has 0 aromatic heterocycles. The molecule has 1 aromatic carbocycles. The molecule has 1 aliphatic rings. The maximum atomic E-state index is 13.1. The number of nitrogens with one attached hydrogen (secondary N) is 1. The van der Waals surface area contributed by atoms with Gasteiger partial charge in [0.25, 0.3) is 0 Å². The third kappa shape index (κ3) is 3.95. The van der Waals surface area contributed by atoms with Gasteiger partial charge in [-0.05, 0) is 64.2 Å². The van der Waals surface area contributed by atoms with Crippen molar-refractivity contribution in [3.05, 3.63) is 28.5 Å². The molecule has 19 heavy (non-hydrogen) atoms. The lowest BCUT2D eigenvalue weighted by Gasteiger charge is -2.45. The number of hydrogen-bond donors (Lipinski definition) is 1. The summed E-state index contributed by atoms with van der Waals surface area (Å²) < 4.78 is 13.9. The van der Waals surface area contributed by atoms with Gasteiger partial charge in [-0.25, -0.2) is 4.39 Å². The minimum Gasteiger partial charge on any atom is -0.381 e. The minimum absolute atomic E-state index is 0.207. The van der Waals surface area contributed by atoms with Crippen LogP contribution >= 0.6 is 15.9 Å². The Hall–Kier alpha value is -0.570. The first-order valence-electron chi connectivity index (χ1n) is 6.89. The number of benzene rings is 1. The fourth-order valence-corrected chi connectivity index (χ4v) is 4.24. The number of halogens is 2. The molecule has 2 rings (SSSR count). The molecule has 1 aromatic rings. The van der Waals surface area contributed by atoms with E-state index in [1.54, 1.807) is 0 Å². The van der Waals surface area contributed by atoms with Crippen molar-refractivity contribution in [2.45, 2.75) is 53.0 Å². The van der Waals surface area contributed by atoms with Gasteiger partial charge in [-0.3, -0.25) is 0 Å². The fourth-order valence-electron chi connectivity index (χ4n) is 3.77. The van der Waals surface area contributed by atoms with Gasteiger partial charge in [-0.2, -0.15) is 0 Å². The zero-order chi connectivity index (χ0) is 14.3. The van der Waals surface area contributed by atoms with Crippen LogP contribution in [0.15, 0.2) is 22.7 Å². The second-order valence-electron chi connectivity index (χ2n) is 7.38. The van der Waals surface area contributed by atoms with Gasteiger partial charge in [0.15, 0.2) is 0 Å². The highest BCUT2D eigenvalue weighted by atomic mass is 79.9. The molecular weight excluding hydrogens is 305 g/mol. The van der Waals surface area contributed by atoms with Gasteiger partial charge in [-0.1, -0.05) is 27.7 Å². The summed E-state index contributed by atoms with van der Waals surface area (Å²) in [6.07, 6.45) is 3.56. The maximum absolute atomic E-state index is 13.1. The van der Waals surface area contributed by atoms with Crippen molar-refractivity contribution in [2.24, 2.45) is 10.8 Å². The van der Waals surface area contributed by atoms with Crippen molar-refractivity contribution >= 4 is 21.6 Å². The summed E-state index contributed by atoms with van der Waals surface area (Å²) in [5.74, 6) is -0.207. The van der Waals surface area contributed by atoms with E-state index in [-0.39, 0.29) is 5.82 Å². The Morgan fingerprint density at radius 2 is 1.74 bits per heavy atom. The van der Waals surface area contributed by atoms with E-state index in [9.17, 15) is 4.39 Å². The van der Waals surface area contributed by atoms with Crippen molar-refractivity contribution in [1.82, 2.24) is 0 Å². The van der Waals surface area contributed by atoms with Gasteiger partial charge >= 0.3 is 0 Å². The minimum atomic E-state index is -0.207. The lowest BCUT2D eigenvalue weighted by molar-refractivity contribution is 0.105. The first-order valence-corrected chi connectivity index (χ1v) is 7.68. The molecule has 0 saturated heterocycles. The normalized spacial score (nSPS) is 22.2. The summed E-state index contributed by atoms with van der Waals surface area (Å²) in [6.45, 7) is 9.34. The summed E-state index contributed by atoms with van der Waals surface area (Å²) in [7, 11) is 0. The van der Waals surface area contributed by atoms with E-state index in [4.69, 9.17) is 0 Å². The fraction of sp³-hybridized carbons (Fsp3) is 0.625. The average molecular weight is 328 g/mol. The number of hydrogen-bond acceptors (Lipinski definition) is 1. The third-order valence-electron chi connectivity index (χ3n) is 3.85. The van der Waals surface area contributed by atoms with Gasteiger partial charge < -0.3 is 5.32 Å². The van der Waals surface area contributed by atoms with Crippen LogP contribution in [0.1, 0.15) is 47.0 Å². The van der Waals surface area contributed by atoms with Gasteiger partial charge in [0.2, 0.25) is 0 Å². The predicted molar refractivity (Wildman–Crippen MR) is 82.9 cm³/mol. The van der Waals surface area contributed by atoms with Crippen molar-refractivity contribution in [3.63, 3.8) is 0 Å². The summed E-state index contributed by atoms with van der Waals surface area (Å²) in [6, 6.07) is 5.28. The average Bonchev–Trinajstić information content (AvgIpc) is 2.17. The molecule has 1 nitrogen and oxygen atoms in total. The van der Waals surface area contributed by atoms with Crippen LogP contribution in [0.3, 0.4) is 0 Å². The van der Waals surface area contributed by atoms with Crippen molar-refractivity contribution in [3.8, 4) is 0 Å². The Balaban J connectivity index is 2.14. The monoisotopic (exact) mass is 327 g/mol. The van der Waals surface area contributed by atoms with Gasteiger partial charge in [0.1, 0.15) is 5.82 Å². The molecular formula is C16H23BrFN. The van der Waals surface area contributed by atoms with E-state index in [0.717, 1.165) is 23.0 Å². The quantitative estimate of drug-likeness (QED) is 0.744. The van der Waals surface area contributed by atoms with E-state index in [2.05, 4.69) is 48.9 Å². The molecule has 0 aliphatic heterocycles. The smallest absolute Gasteiger partial charge is 0.124 e. The van der Waals surface area contributed by atoms with Crippen LogP contribution in [0.2, 0.25) is 0 Å². The second-order valence-corrected chi connectivity index (χ2v) is 8.23. The Kier molecular flexibility index (Phi) is 3.97. The van der Waals surface area contributed by atoms with E-state index < -0.39 is 0 Å². The summed E-state index contributed by atoms with van der Waals surface area (Å²) in [5, 5.41) is 3.57. The van der Waals surface area contributed by atoms with E-state index in [1.807, 2.05) is 6.07 Å². The lowest BCUT2D eigenvalue weighted by atomic mass is 9.63. The molecule has 0 atom stereocenters. The van der Waals surface area contributed by atoms with Crippen LogP contribution in [0.25, 0.3) is 0 Å². The standard InChI is InChI=1S/C16H23BrFN/c1-15(2)8-12(9-16(3,4)10-15)19-14-6-5-11(18)7-13(14)17/h5-7,12,19H,8-10H2,1-4H3.